The van der Waals surface area contributed by atoms with E-state index in [1.54, 1.807) is 19.2 Å². The van der Waals surface area contributed by atoms with Gasteiger partial charge in [-0.25, -0.2) is 0 Å². The van der Waals surface area contributed by atoms with Gasteiger partial charge in [0.1, 0.15) is 0 Å². The van der Waals surface area contributed by atoms with Crippen LogP contribution >= 0.6 is 15.9 Å². The van der Waals surface area contributed by atoms with E-state index in [0.29, 0.717) is 23.7 Å². The Hall–Kier alpha value is -1.21. The molecule has 0 radical (unpaired) electrons. The Morgan fingerprint density at radius 2 is 2.12 bits per heavy atom. The summed E-state index contributed by atoms with van der Waals surface area (Å²) < 4.78 is 11.7. The molecule has 0 fully saturated rings. The van der Waals surface area contributed by atoms with Gasteiger partial charge in [-0.05, 0) is 28.4 Å². The smallest absolute Gasteiger partial charge is 0.175 e. The molecule has 0 aliphatic heterocycles. The number of nitriles is 1. The normalized spacial score (nSPS) is 9.76. The van der Waals surface area contributed by atoms with Crippen LogP contribution in [-0.4, -0.2) is 13.7 Å². The van der Waals surface area contributed by atoms with Gasteiger partial charge < -0.3 is 9.47 Å². The zero-order valence-electron chi connectivity index (χ0n) is 10.1. The third-order valence-corrected chi connectivity index (χ3v) is 2.94. The number of methoxy groups -OCH3 is 1. The summed E-state index contributed by atoms with van der Waals surface area (Å²) in [7, 11) is 1.57. The molecule has 0 amide bonds. The average molecular weight is 298 g/mol. The Bertz CT molecular complexity index is 413. The van der Waals surface area contributed by atoms with Crippen molar-refractivity contribution in [2.75, 3.05) is 13.7 Å². The van der Waals surface area contributed by atoms with Crippen LogP contribution in [0.1, 0.15) is 31.7 Å². The lowest BCUT2D eigenvalue weighted by atomic mass is 10.2. The van der Waals surface area contributed by atoms with Crippen molar-refractivity contribution < 1.29 is 9.47 Å². The Morgan fingerprint density at radius 3 is 2.71 bits per heavy atom. The largest absolute Gasteiger partial charge is 0.493 e. The van der Waals surface area contributed by atoms with Gasteiger partial charge in [0, 0.05) is 6.07 Å². The third kappa shape index (κ3) is 3.94. The first-order valence-electron chi connectivity index (χ1n) is 5.63. The number of halogens is 1. The molecule has 0 saturated carbocycles. The fraction of sp³-hybridized carbons (Fsp3) is 0.462. The lowest BCUT2D eigenvalue weighted by Crippen LogP contribution is -2.00. The zero-order valence-corrected chi connectivity index (χ0v) is 11.7. The molecule has 1 rings (SSSR count). The lowest BCUT2D eigenvalue weighted by Gasteiger charge is -2.12. The minimum absolute atomic E-state index is 0.551. The summed E-state index contributed by atoms with van der Waals surface area (Å²) in [6.45, 7) is 2.81. The predicted octanol–water partition coefficient (Wildman–Crippen LogP) is 3.90. The van der Waals surface area contributed by atoms with Crippen molar-refractivity contribution in [3.8, 4) is 17.6 Å². The van der Waals surface area contributed by atoms with Gasteiger partial charge >= 0.3 is 0 Å². The molecule has 0 aromatic heterocycles. The first-order chi connectivity index (χ1) is 8.22. The molecule has 1 aromatic carbocycles. The van der Waals surface area contributed by atoms with E-state index < -0.39 is 0 Å². The average Bonchev–Trinajstić information content (AvgIpc) is 2.35. The van der Waals surface area contributed by atoms with Crippen LogP contribution in [0, 0.1) is 11.3 Å². The van der Waals surface area contributed by atoms with Gasteiger partial charge in [0.25, 0.3) is 0 Å². The van der Waals surface area contributed by atoms with E-state index in [1.165, 1.54) is 0 Å². The Kier molecular flexibility index (Phi) is 5.85. The van der Waals surface area contributed by atoms with Crippen LogP contribution in [0.15, 0.2) is 16.6 Å². The van der Waals surface area contributed by atoms with Gasteiger partial charge in [-0.1, -0.05) is 19.8 Å². The molecule has 0 heterocycles. The first-order valence-corrected chi connectivity index (χ1v) is 6.42. The van der Waals surface area contributed by atoms with Gasteiger partial charge in [0.2, 0.25) is 0 Å². The number of rotatable bonds is 6. The molecular weight excluding hydrogens is 282 g/mol. The molecule has 0 spiro atoms. The quantitative estimate of drug-likeness (QED) is 0.748. The molecule has 0 bridgehead atoms. The van der Waals surface area contributed by atoms with E-state index in [4.69, 9.17) is 14.7 Å². The second kappa shape index (κ2) is 7.18. The third-order valence-electron chi connectivity index (χ3n) is 2.35. The fourth-order valence-corrected chi connectivity index (χ4v) is 2.01. The molecule has 0 aliphatic carbocycles. The van der Waals surface area contributed by atoms with Crippen LogP contribution in [0.5, 0.6) is 11.5 Å². The predicted molar refractivity (Wildman–Crippen MR) is 70.4 cm³/mol. The maximum Gasteiger partial charge on any atom is 0.175 e. The van der Waals surface area contributed by atoms with E-state index in [9.17, 15) is 0 Å². The zero-order chi connectivity index (χ0) is 12.7. The van der Waals surface area contributed by atoms with Crippen molar-refractivity contribution in [3.63, 3.8) is 0 Å². The molecule has 1 aromatic rings. The maximum atomic E-state index is 8.85. The van der Waals surface area contributed by atoms with E-state index in [-0.39, 0.29) is 0 Å². The van der Waals surface area contributed by atoms with Crippen molar-refractivity contribution in [2.45, 2.75) is 26.2 Å². The topological polar surface area (TPSA) is 42.2 Å². The molecule has 0 unspecified atom stereocenters. The Labute approximate surface area is 110 Å². The van der Waals surface area contributed by atoms with Crippen LogP contribution in [0.4, 0.5) is 0 Å². The molecule has 0 saturated heterocycles. The number of hydrogen-bond acceptors (Lipinski definition) is 3. The van der Waals surface area contributed by atoms with Crippen molar-refractivity contribution in [1.29, 1.82) is 5.26 Å². The van der Waals surface area contributed by atoms with Crippen LogP contribution < -0.4 is 9.47 Å². The summed E-state index contributed by atoms with van der Waals surface area (Å²) in [5.74, 6) is 1.26. The fourth-order valence-electron chi connectivity index (χ4n) is 1.45. The summed E-state index contributed by atoms with van der Waals surface area (Å²) >= 11 is 3.39. The number of benzene rings is 1. The highest BCUT2D eigenvalue weighted by molar-refractivity contribution is 9.10. The second-order valence-corrected chi connectivity index (χ2v) is 4.51. The second-order valence-electron chi connectivity index (χ2n) is 3.66. The van der Waals surface area contributed by atoms with Crippen molar-refractivity contribution >= 4 is 15.9 Å². The van der Waals surface area contributed by atoms with Crippen LogP contribution in [-0.2, 0) is 0 Å². The molecule has 3 nitrogen and oxygen atoms in total. The summed E-state index contributed by atoms with van der Waals surface area (Å²) in [5, 5.41) is 8.85. The molecule has 0 aliphatic rings. The number of unbranched alkanes of at least 4 members (excludes halogenated alkanes) is 2. The standard InChI is InChI=1S/C13H16BrNO2/c1-3-4-5-6-17-13-11(14)7-10(9-15)8-12(13)16-2/h7-8H,3-6H2,1-2H3. The molecular formula is C13H16BrNO2. The van der Waals surface area contributed by atoms with Crippen LogP contribution in [0.25, 0.3) is 0 Å². The maximum absolute atomic E-state index is 8.85. The molecule has 17 heavy (non-hydrogen) atoms. The summed E-state index contributed by atoms with van der Waals surface area (Å²) in [6, 6.07) is 5.49. The molecule has 92 valence electrons. The molecule has 0 atom stereocenters. The van der Waals surface area contributed by atoms with Crippen LogP contribution in [0.2, 0.25) is 0 Å². The summed E-state index contributed by atoms with van der Waals surface area (Å²) in [5.41, 5.74) is 0.551. The van der Waals surface area contributed by atoms with Crippen molar-refractivity contribution in [2.24, 2.45) is 0 Å². The Balaban J connectivity index is 2.80. The summed E-state index contributed by atoms with van der Waals surface area (Å²) in [4.78, 5) is 0. The van der Waals surface area contributed by atoms with Crippen molar-refractivity contribution in [3.05, 3.63) is 22.2 Å². The van der Waals surface area contributed by atoms with E-state index in [1.807, 2.05) is 0 Å². The number of hydrogen-bond donors (Lipinski definition) is 0. The van der Waals surface area contributed by atoms with Crippen molar-refractivity contribution in [1.82, 2.24) is 0 Å². The molecule has 4 heteroatoms. The van der Waals surface area contributed by atoms with Gasteiger partial charge in [-0.3, -0.25) is 0 Å². The van der Waals surface area contributed by atoms with Crippen LogP contribution in [0.3, 0.4) is 0 Å². The number of nitrogens with zero attached hydrogens (tertiary/aromatic N) is 1. The SMILES string of the molecule is CCCCCOc1c(Br)cc(C#N)cc1OC. The van der Waals surface area contributed by atoms with Gasteiger partial charge in [0.15, 0.2) is 11.5 Å². The van der Waals surface area contributed by atoms with E-state index in [2.05, 4.69) is 28.9 Å². The monoisotopic (exact) mass is 297 g/mol. The highest BCUT2D eigenvalue weighted by Crippen LogP contribution is 2.36. The van der Waals surface area contributed by atoms with E-state index >= 15 is 0 Å². The van der Waals surface area contributed by atoms with Gasteiger partial charge in [-0.2, -0.15) is 5.26 Å². The van der Waals surface area contributed by atoms with Gasteiger partial charge in [0.05, 0.1) is 29.8 Å². The first kappa shape index (κ1) is 13.9. The Morgan fingerprint density at radius 1 is 1.35 bits per heavy atom. The molecule has 0 N–H and O–H groups in total. The minimum atomic E-state index is 0.551. The highest BCUT2D eigenvalue weighted by atomic mass is 79.9. The lowest BCUT2D eigenvalue weighted by molar-refractivity contribution is 0.284. The minimum Gasteiger partial charge on any atom is -0.493 e. The highest BCUT2D eigenvalue weighted by Gasteiger charge is 2.11. The van der Waals surface area contributed by atoms with E-state index in [0.717, 1.165) is 23.7 Å². The summed E-state index contributed by atoms with van der Waals surface area (Å²) in [6.07, 6.45) is 3.33. The van der Waals surface area contributed by atoms with Gasteiger partial charge in [-0.15, -0.1) is 0 Å². The number of ether oxygens (including phenoxy) is 2.